The fourth-order valence-electron chi connectivity index (χ4n) is 3.91. The molecule has 0 fully saturated rings. The monoisotopic (exact) mass is 444 g/mol. The zero-order chi connectivity index (χ0) is 22.7. The van der Waals surface area contributed by atoms with E-state index in [1.807, 2.05) is 73.7 Å². The lowest BCUT2D eigenvalue weighted by atomic mass is 9.95. The van der Waals surface area contributed by atoms with Gasteiger partial charge in [-0.15, -0.1) is 6.58 Å². The number of rotatable bonds is 6. The molecule has 6 heteroatoms. The van der Waals surface area contributed by atoms with Crippen LogP contribution in [0.4, 0.5) is 5.69 Å². The number of fused-ring (bicyclic) bond motifs is 1. The zero-order valence-electron chi connectivity index (χ0n) is 17.8. The van der Waals surface area contributed by atoms with E-state index in [4.69, 9.17) is 0 Å². The van der Waals surface area contributed by atoms with E-state index in [1.165, 1.54) is 10.4 Å². The van der Waals surface area contributed by atoms with Crippen LogP contribution in [0.1, 0.15) is 22.3 Å². The first-order valence-corrected chi connectivity index (χ1v) is 11.7. The van der Waals surface area contributed by atoms with E-state index in [0.29, 0.717) is 22.4 Å². The van der Waals surface area contributed by atoms with Gasteiger partial charge in [-0.3, -0.25) is 9.10 Å². The summed E-state index contributed by atoms with van der Waals surface area (Å²) in [4.78, 5) is 13.2. The van der Waals surface area contributed by atoms with Crippen LogP contribution in [-0.4, -0.2) is 20.9 Å². The van der Waals surface area contributed by atoms with Gasteiger partial charge < -0.3 is 5.32 Å². The molecule has 1 aliphatic rings. The van der Waals surface area contributed by atoms with Crippen molar-refractivity contribution < 1.29 is 13.2 Å². The minimum Gasteiger partial charge on any atom is -0.347 e. The maximum Gasteiger partial charge on any atom is 0.270 e. The molecule has 0 aromatic heterocycles. The Morgan fingerprint density at radius 3 is 2.44 bits per heavy atom. The third-order valence-corrected chi connectivity index (χ3v) is 7.15. The minimum absolute atomic E-state index is 0.0656. The largest absolute Gasteiger partial charge is 0.347 e. The molecule has 0 atom stereocenters. The van der Waals surface area contributed by atoms with E-state index in [1.54, 1.807) is 12.1 Å². The Morgan fingerprint density at radius 2 is 1.72 bits per heavy atom. The standard InChI is InChI=1S/C26H24N2O3S/c1-3-16-28-23-15-8-7-14-22(23)24(21-12-5-4-6-13-21)25(32(28,30)31)26(29)27-18-20-11-9-10-19(2)17-20/h3-15,17H,1,16,18H2,2H3,(H,27,29). The molecule has 1 N–H and O–H groups in total. The number of nitrogens with one attached hydrogen (secondary N) is 1. The summed E-state index contributed by atoms with van der Waals surface area (Å²) in [5, 5.41) is 2.82. The maximum atomic E-state index is 13.7. The number of carbonyl (C=O) groups is 1. The SMILES string of the molecule is C=CCN1c2ccccc2C(c2ccccc2)=C(C(=O)NCc2cccc(C)c2)S1(=O)=O. The molecule has 4 rings (SSSR count). The Bertz CT molecular complexity index is 1310. The molecule has 0 radical (unpaired) electrons. The van der Waals surface area contributed by atoms with Crippen molar-refractivity contribution in [2.45, 2.75) is 13.5 Å². The first-order valence-electron chi connectivity index (χ1n) is 10.3. The average molecular weight is 445 g/mol. The van der Waals surface area contributed by atoms with Crippen molar-refractivity contribution >= 4 is 27.2 Å². The van der Waals surface area contributed by atoms with E-state index >= 15 is 0 Å². The van der Waals surface area contributed by atoms with Gasteiger partial charge in [-0.2, -0.15) is 0 Å². The van der Waals surface area contributed by atoms with Crippen LogP contribution in [0.15, 0.2) is 96.4 Å². The van der Waals surface area contributed by atoms with E-state index < -0.39 is 15.9 Å². The fourth-order valence-corrected chi connectivity index (χ4v) is 5.65. The summed E-state index contributed by atoms with van der Waals surface area (Å²) < 4.78 is 28.7. The molecule has 5 nitrogen and oxygen atoms in total. The smallest absolute Gasteiger partial charge is 0.270 e. The average Bonchev–Trinajstić information content (AvgIpc) is 2.79. The van der Waals surface area contributed by atoms with Gasteiger partial charge in [0.1, 0.15) is 0 Å². The highest BCUT2D eigenvalue weighted by atomic mass is 32.2. The second-order valence-electron chi connectivity index (χ2n) is 7.58. The lowest BCUT2D eigenvalue weighted by Crippen LogP contribution is -2.41. The van der Waals surface area contributed by atoms with Gasteiger partial charge in [0.05, 0.1) is 12.2 Å². The lowest BCUT2D eigenvalue weighted by Gasteiger charge is -2.32. The Morgan fingerprint density at radius 1 is 1.00 bits per heavy atom. The molecular formula is C26H24N2O3S. The van der Waals surface area contributed by atoms with Gasteiger partial charge in [0.2, 0.25) is 0 Å². The van der Waals surface area contributed by atoms with Crippen LogP contribution in [0, 0.1) is 6.92 Å². The summed E-state index contributed by atoms with van der Waals surface area (Å²) in [5.74, 6) is -0.631. The van der Waals surface area contributed by atoms with Crippen LogP contribution in [0.25, 0.3) is 5.57 Å². The molecule has 32 heavy (non-hydrogen) atoms. The first-order chi connectivity index (χ1) is 15.4. The second-order valence-corrected chi connectivity index (χ2v) is 9.38. The summed E-state index contributed by atoms with van der Waals surface area (Å²) in [7, 11) is -4.12. The van der Waals surface area contributed by atoms with Crippen LogP contribution in [0.2, 0.25) is 0 Å². The molecule has 3 aromatic rings. The molecule has 162 valence electrons. The highest BCUT2D eigenvalue weighted by Crippen LogP contribution is 2.42. The third-order valence-electron chi connectivity index (χ3n) is 5.32. The number of aryl methyl sites for hydroxylation is 1. The van der Waals surface area contributed by atoms with E-state index in [-0.39, 0.29) is 18.0 Å². The number of hydrogen-bond acceptors (Lipinski definition) is 3. The molecule has 3 aromatic carbocycles. The van der Waals surface area contributed by atoms with Gasteiger partial charge in [-0.05, 0) is 24.1 Å². The number of nitrogens with zero attached hydrogens (tertiary/aromatic N) is 1. The second kappa shape index (κ2) is 8.85. The van der Waals surface area contributed by atoms with Crippen LogP contribution in [0.3, 0.4) is 0 Å². The summed E-state index contributed by atoms with van der Waals surface area (Å²) >= 11 is 0. The zero-order valence-corrected chi connectivity index (χ0v) is 18.6. The Kier molecular flexibility index (Phi) is 5.97. The molecule has 0 bridgehead atoms. The van der Waals surface area contributed by atoms with E-state index in [2.05, 4.69) is 11.9 Å². The van der Waals surface area contributed by atoms with Gasteiger partial charge in [-0.25, -0.2) is 8.42 Å². The Balaban J connectivity index is 1.88. The molecule has 0 unspecified atom stereocenters. The highest BCUT2D eigenvalue weighted by Gasteiger charge is 2.40. The quantitative estimate of drug-likeness (QED) is 0.573. The van der Waals surface area contributed by atoms with E-state index in [0.717, 1.165) is 11.1 Å². The number of hydrogen-bond donors (Lipinski definition) is 1. The summed E-state index contributed by atoms with van der Waals surface area (Å²) in [5.41, 5.74) is 4.26. The van der Waals surface area contributed by atoms with Crippen LogP contribution < -0.4 is 9.62 Å². The van der Waals surface area contributed by atoms with Crippen LogP contribution in [0.5, 0.6) is 0 Å². The van der Waals surface area contributed by atoms with Crippen LogP contribution >= 0.6 is 0 Å². The number of para-hydroxylation sites is 1. The van der Waals surface area contributed by atoms with Crippen molar-refractivity contribution in [2.24, 2.45) is 0 Å². The number of benzene rings is 3. The summed E-state index contributed by atoms with van der Waals surface area (Å²) in [6, 6.07) is 24.1. The highest BCUT2D eigenvalue weighted by molar-refractivity contribution is 7.97. The van der Waals surface area contributed by atoms with E-state index in [9.17, 15) is 13.2 Å². The number of amides is 1. The van der Waals surface area contributed by atoms with Gasteiger partial charge in [-0.1, -0.05) is 84.4 Å². The lowest BCUT2D eigenvalue weighted by molar-refractivity contribution is -0.117. The normalized spacial score (nSPS) is 14.6. The summed E-state index contributed by atoms with van der Waals surface area (Å²) in [6.45, 7) is 5.96. The predicted molar refractivity (Wildman–Crippen MR) is 128 cm³/mol. The maximum absolute atomic E-state index is 13.7. The molecule has 0 saturated carbocycles. The van der Waals surface area contributed by atoms with Crippen molar-refractivity contribution in [3.8, 4) is 0 Å². The number of anilines is 1. The third kappa shape index (κ3) is 3.97. The Labute approximate surface area is 188 Å². The van der Waals surface area contributed by atoms with Gasteiger partial charge in [0, 0.05) is 17.7 Å². The fraction of sp³-hybridized carbons (Fsp3) is 0.115. The van der Waals surface area contributed by atoms with Crippen molar-refractivity contribution in [1.82, 2.24) is 5.32 Å². The molecule has 1 amide bonds. The molecular weight excluding hydrogens is 420 g/mol. The van der Waals surface area contributed by atoms with Crippen molar-refractivity contribution in [3.05, 3.63) is 119 Å². The number of carbonyl (C=O) groups excluding carboxylic acids is 1. The topological polar surface area (TPSA) is 66.5 Å². The van der Waals surface area contributed by atoms with Crippen molar-refractivity contribution in [3.63, 3.8) is 0 Å². The minimum atomic E-state index is -4.12. The van der Waals surface area contributed by atoms with Crippen molar-refractivity contribution in [2.75, 3.05) is 10.8 Å². The van der Waals surface area contributed by atoms with Gasteiger partial charge >= 0.3 is 0 Å². The first kappa shape index (κ1) is 21.6. The molecule has 0 saturated heterocycles. The van der Waals surface area contributed by atoms with Crippen LogP contribution in [-0.2, 0) is 21.4 Å². The van der Waals surface area contributed by atoms with Gasteiger partial charge in [0.25, 0.3) is 15.9 Å². The van der Waals surface area contributed by atoms with Crippen molar-refractivity contribution in [1.29, 1.82) is 0 Å². The molecule has 0 spiro atoms. The predicted octanol–water partition coefficient (Wildman–Crippen LogP) is 4.41. The molecule has 1 heterocycles. The molecule has 1 aliphatic heterocycles. The number of sulfonamides is 1. The Hall–Kier alpha value is -3.64. The molecule has 0 aliphatic carbocycles. The summed E-state index contributed by atoms with van der Waals surface area (Å²) in [6.07, 6.45) is 1.52. The van der Waals surface area contributed by atoms with Gasteiger partial charge in [0.15, 0.2) is 4.91 Å².